The number of aliphatic carboxylic acids is 1. The van der Waals surface area contributed by atoms with E-state index >= 15 is 0 Å². The number of aromatic amines is 1. The molecule has 1 aliphatic heterocycles. The highest BCUT2D eigenvalue weighted by atomic mass is 16.6. The summed E-state index contributed by atoms with van der Waals surface area (Å²) in [5.41, 5.74) is -0.164. The molecule has 0 aromatic carbocycles. The molecule has 18 heavy (non-hydrogen) atoms. The number of oxime groups is 1. The highest BCUT2D eigenvalue weighted by Crippen LogP contribution is 2.13. The lowest BCUT2D eigenvalue weighted by Crippen LogP contribution is -2.37. The van der Waals surface area contributed by atoms with E-state index in [9.17, 15) is 9.59 Å². The van der Waals surface area contributed by atoms with Gasteiger partial charge in [-0.3, -0.25) is 9.89 Å². The van der Waals surface area contributed by atoms with Gasteiger partial charge in [-0.1, -0.05) is 5.16 Å². The van der Waals surface area contributed by atoms with Crippen molar-refractivity contribution in [2.75, 3.05) is 0 Å². The van der Waals surface area contributed by atoms with Gasteiger partial charge in [-0.2, -0.15) is 5.10 Å². The predicted octanol–water partition coefficient (Wildman–Crippen LogP) is -0.789. The first-order valence-corrected chi connectivity index (χ1v) is 5.19. The summed E-state index contributed by atoms with van der Waals surface area (Å²) in [6.45, 7) is 1.71. The van der Waals surface area contributed by atoms with Crippen LogP contribution >= 0.6 is 0 Å². The van der Waals surface area contributed by atoms with Crippen LogP contribution in [0.4, 0.5) is 0 Å². The molecule has 9 heteroatoms. The maximum absolute atomic E-state index is 11.8. The van der Waals surface area contributed by atoms with E-state index < -0.39 is 18.0 Å². The van der Waals surface area contributed by atoms with Gasteiger partial charge in [0.1, 0.15) is 12.2 Å². The Hall–Kier alpha value is -2.45. The summed E-state index contributed by atoms with van der Waals surface area (Å²) < 4.78 is 0. The van der Waals surface area contributed by atoms with Crippen LogP contribution in [0.3, 0.4) is 0 Å². The number of nitrogens with one attached hydrogen (secondary N) is 2. The summed E-state index contributed by atoms with van der Waals surface area (Å²) in [5, 5.41) is 20.9. The third-order valence-electron chi connectivity index (χ3n) is 2.41. The van der Waals surface area contributed by atoms with Crippen LogP contribution in [0.5, 0.6) is 0 Å². The molecular formula is C9H11N5O4. The number of carbonyl (C=O) groups is 2. The first kappa shape index (κ1) is 12.0. The summed E-state index contributed by atoms with van der Waals surface area (Å²) in [5.74, 6) is -1.13. The summed E-state index contributed by atoms with van der Waals surface area (Å²) in [6.07, 6.45) is 0.362. The van der Waals surface area contributed by atoms with Gasteiger partial charge in [0.25, 0.3) is 5.91 Å². The third-order valence-corrected chi connectivity index (χ3v) is 2.41. The lowest BCUT2D eigenvalue weighted by atomic mass is 10.1. The van der Waals surface area contributed by atoms with E-state index in [1.54, 1.807) is 6.92 Å². The Balaban J connectivity index is 1.89. The number of H-pyrrole nitrogens is 1. The van der Waals surface area contributed by atoms with E-state index in [-0.39, 0.29) is 18.2 Å². The third kappa shape index (κ3) is 2.44. The lowest BCUT2D eigenvalue weighted by molar-refractivity contribution is -0.132. The fourth-order valence-electron chi connectivity index (χ4n) is 1.44. The van der Waals surface area contributed by atoms with Gasteiger partial charge in [0.15, 0.2) is 5.71 Å². The van der Waals surface area contributed by atoms with Crippen LogP contribution in [0.25, 0.3) is 0 Å². The van der Waals surface area contributed by atoms with E-state index in [2.05, 4.69) is 25.7 Å². The Morgan fingerprint density at radius 2 is 2.44 bits per heavy atom. The summed E-state index contributed by atoms with van der Waals surface area (Å²) in [4.78, 5) is 31.0. The zero-order valence-electron chi connectivity index (χ0n) is 9.45. The van der Waals surface area contributed by atoms with Crippen molar-refractivity contribution in [1.82, 2.24) is 20.5 Å². The second-order valence-corrected chi connectivity index (χ2v) is 3.74. The smallest absolute Gasteiger partial charge is 0.353 e. The van der Waals surface area contributed by atoms with Gasteiger partial charge in [-0.25, -0.2) is 9.78 Å². The molecule has 0 saturated carbocycles. The van der Waals surface area contributed by atoms with Gasteiger partial charge in [0.05, 0.1) is 6.04 Å². The molecule has 9 nitrogen and oxygen atoms in total. The molecule has 2 atom stereocenters. The van der Waals surface area contributed by atoms with Gasteiger partial charge in [0.2, 0.25) is 6.10 Å². The van der Waals surface area contributed by atoms with Gasteiger partial charge in [-0.15, -0.1) is 0 Å². The minimum absolute atomic E-state index is 0.0513. The number of carboxylic acids is 1. The average Bonchev–Trinajstić information content (AvgIpc) is 3.00. The van der Waals surface area contributed by atoms with E-state index in [1.165, 1.54) is 6.33 Å². The Bertz CT molecular complexity index is 483. The highest BCUT2D eigenvalue weighted by Gasteiger charge is 2.32. The first-order chi connectivity index (χ1) is 8.58. The number of rotatable bonds is 4. The second-order valence-electron chi connectivity index (χ2n) is 3.74. The molecule has 0 fully saturated rings. The van der Waals surface area contributed by atoms with Crippen molar-refractivity contribution >= 4 is 17.6 Å². The molecule has 3 N–H and O–H groups in total. The molecule has 0 saturated heterocycles. The maximum atomic E-state index is 11.8. The van der Waals surface area contributed by atoms with E-state index in [0.29, 0.717) is 5.82 Å². The van der Waals surface area contributed by atoms with Crippen LogP contribution < -0.4 is 5.32 Å². The molecule has 1 aromatic heterocycles. The molecular weight excluding hydrogens is 242 g/mol. The molecule has 1 aliphatic rings. The molecule has 96 valence electrons. The van der Waals surface area contributed by atoms with Gasteiger partial charge in [0, 0.05) is 6.42 Å². The van der Waals surface area contributed by atoms with Crippen molar-refractivity contribution in [1.29, 1.82) is 0 Å². The molecule has 2 heterocycles. The molecule has 1 amide bonds. The number of hydrogen-bond donors (Lipinski definition) is 3. The zero-order valence-corrected chi connectivity index (χ0v) is 9.45. The molecule has 1 aromatic rings. The van der Waals surface area contributed by atoms with E-state index in [4.69, 9.17) is 9.94 Å². The van der Waals surface area contributed by atoms with Crippen LogP contribution in [-0.4, -0.2) is 44.0 Å². The van der Waals surface area contributed by atoms with E-state index in [0.717, 1.165) is 0 Å². The molecule has 0 radical (unpaired) electrons. The van der Waals surface area contributed by atoms with Crippen molar-refractivity contribution in [3.63, 3.8) is 0 Å². The van der Waals surface area contributed by atoms with Crippen molar-refractivity contribution < 1.29 is 19.5 Å². The van der Waals surface area contributed by atoms with Crippen LogP contribution in [0.1, 0.15) is 25.2 Å². The minimum Gasteiger partial charge on any atom is -0.477 e. The van der Waals surface area contributed by atoms with Crippen LogP contribution in [0.2, 0.25) is 0 Å². The van der Waals surface area contributed by atoms with Crippen LogP contribution in [0, 0.1) is 0 Å². The SMILES string of the molecule is CC(NC(=O)C1CC(C(=O)O)=NO1)c1ncn[nH]1. The number of aromatic nitrogens is 3. The Kier molecular flexibility index (Phi) is 3.22. The maximum Gasteiger partial charge on any atom is 0.353 e. The zero-order chi connectivity index (χ0) is 13.1. The fourth-order valence-corrected chi connectivity index (χ4v) is 1.44. The van der Waals surface area contributed by atoms with Crippen LogP contribution in [0.15, 0.2) is 11.5 Å². The molecule has 2 rings (SSSR count). The number of carboxylic acid groups (broad SMARTS) is 1. The Labute approximate surface area is 101 Å². The van der Waals surface area contributed by atoms with Gasteiger partial charge in [-0.05, 0) is 6.92 Å². The number of hydrogen-bond acceptors (Lipinski definition) is 6. The summed E-state index contributed by atoms with van der Waals surface area (Å²) in [6, 6.07) is -0.377. The number of amides is 1. The second kappa shape index (κ2) is 4.82. The summed E-state index contributed by atoms with van der Waals surface area (Å²) >= 11 is 0. The summed E-state index contributed by atoms with van der Waals surface area (Å²) in [7, 11) is 0. The number of carbonyl (C=O) groups excluding carboxylic acids is 1. The minimum atomic E-state index is -1.19. The topological polar surface area (TPSA) is 130 Å². The quantitative estimate of drug-likeness (QED) is 0.644. The van der Waals surface area contributed by atoms with Crippen molar-refractivity contribution in [3.05, 3.63) is 12.2 Å². The van der Waals surface area contributed by atoms with Crippen molar-refractivity contribution in [3.8, 4) is 0 Å². The normalized spacial score (nSPS) is 19.8. The average molecular weight is 253 g/mol. The highest BCUT2D eigenvalue weighted by molar-refractivity contribution is 6.36. The standard InChI is InChI=1S/C9H11N5O4/c1-4(7-10-3-11-13-7)12-8(15)6-2-5(9(16)17)14-18-6/h3-4,6H,2H2,1H3,(H,12,15)(H,16,17)(H,10,11,13). The molecule has 0 bridgehead atoms. The van der Waals surface area contributed by atoms with E-state index in [1.807, 2.05) is 0 Å². The van der Waals surface area contributed by atoms with Gasteiger partial charge < -0.3 is 15.3 Å². The Morgan fingerprint density at radius 3 is 3.00 bits per heavy atom. The molecule has 0 aliphatic carbocycles. The van der Waals surface area contributed by atoms with Gasteiger partial charge >= 0.3 is 5.97 Å². The lowest BCUT2D eigenvalue weighted by Gasteiger charge is -2.13. The van der Waals surface area contributed by atoms with Crippen molar-refractivity contribution in [2.24, 2.45) is 5.16 Å². The van der Waals surface area contributed by atoms with Crippen LogP contribution in [-0.2, 0) is 14.4 Å². The first-order valence-electron chi connectivity index (χ1n) is 5.19. The Morgan fingerprint density at radius 1 is 1.67 bits per heavy atom. The molecule has 2 unspecified atom stereocenters. The number of nitrogens with zero attached hydrogens (tertiary/aromatic N) is 3. The van der Waals surface area contributed by atoms with Crippen molar-refractivity contribution in [2.45, 2.75) is 25.5 Å². The largest absolute Gasteiger partial charge is 0.477 e. The monoisotopic (exact) mass is 253 g/mol. The fraction of sp³-hybridized carbons (Fsp3) is 0.444. The predicted molar refractivity (Wildman–Crippen MR) is 57.5 cm³/mol. The molecule has 0 spiro atoms.